The first-order valence-corrected chi connectivity index (χ1v) is 6.86. The molecule has 19 heavy (non-hydrogen) atoms. The molecule has 1 atom stereocenters. The van der Waals surface area contributed by atoms with Crippen LogP contribution in [-0.4, -0.2) is 12.7 Å². The van der Waals surface area contributed by atoms with Gasteiger partial charge in [-0.3, -0.25) is 4.79 Å². The average molecular weight is 275 g/mol. The fourth-order valence-corrected chi connectivity index (χ4v) is 2.57. The number of fused-ring (bicyclic) bond motifs is 1. The molecule has 3 rings (SSSR count). The second kappa shape index (κ2) is 4.93. The summed E-state index contributed by atoms with van der Waals surface area (Å²) in [5.41, 5.74) is 0.995. The molecule has 0 aliphatic carbocycles. The molecule has 0 saturated carbocycles. The van der Waals surface area contributed by atoms with Crippen LogP contribution >= 0.6 is 11.3 Å². The molecular weight excluding hydrogens is 262 g/mol. The van der Waals surface area contributed by atoms with Crippen LogP contribution in [-0.2, 0) is 0 Å². The molecule has 1 amide bonds. The Kier molecular flexibility index (Phi) is 3.13. The highest BCUT2D eigenvalue weighted by molar-refractivity contribution is 7.12. The Balaban J connectivity index is 1.73. The van der Waals surface area contributed by atoms with Gasteiger partial charge in [0.25, 0.3) is 5.91 Å². The van der Waals surface area contributed by atoms with Crippen LogP contribution in [0.15, 0.2) is 35.7 Å². The zero-order valence-electron chi connectivity index (χ0n) is 10.4. The van der Waals surface area contributed by atoms with E-state index in [4.69, 9.17) is 9.47 Å². The van der Waals surface area contributed by atoms with Gasteiger partial charge in [-0.1, -0.05) is 12.1 Å². The molecule has 0 unspecified atom stereocenters. The third kappa shape index (κ3) is 2.42. The van der Waals surface area contributed by atoms with Crippen molar-refractivity contribution in [2.24, 2.45) is 0 Å². The first-order chi connectivity index (χ1) is 9.24. The van der Waals surface area contributed by atoms with Gasteiger partial charge in [0.05, 0.1) is 10.9 Å². The molecule has 1 N–H and O–H groups in total. The number of thiophene rings is 1. The van der Waals surface area contributed by atoms with E-state index < -0.39 is 0 Å². The largest absolute Gasteiger partial charge is 0.454 e. The van der Waals surface area contributed by atoms with Gasteiger partial charge < -0.3 is 14.8 Å². The van der Waals surface area contributed by atoms with Gasteiger partial charge >= 0.3 is 0 Å². The van der Waals surface area contributed by atoms with Crippen LogP contribution < -0.4 is 14.8 Å². The zero-order valence-corrected chi connectivity index (χ0v) is 11.2. The third-order valence-corrected chi connectivity index (χ3v) is 3.86. The minimum atomic E-state index is -0.0795. The Morgan fingerprint density at radius 3 is 2.95 bits per heavy atom. The lowest BCUT2D eigenvalue weighted by Crippen LogP contribution is -2.25. The third-order valence-electron chi connectivity index (χ3n) is 2.99. The van der Waals surface area contributed by atoms with Crippen LogP contribution in [0.1, 0.15) is 28.2 Å². The van der Waals surface area contributed by atoms with Crippen LogP contribution in [0.25, 0.3) is 0 Å². The summed E-state index contributed by atoms with van der Waals surface area (Å²) in [5.74, 6) is 1.43. The summed E-state index contributed by atoms with van der Waals surface area (Å²) in [4.78, 5) is 12.7. The predicted molar refractivity (Wildman–Crippen MR) is 72.8 cm³/mol. The summed E-state index contributed by atoms with van der Waals surface area (Å²) in [7, 11) is 0. The number of carbonyl (C=O) groups is 1. The smallest absolute Gasteiger partial charge is 0.261 e. The number of hydrogen-bond donors (Lipinski definition) is 1. The first-order valence-electron chi connectivity index (χ1n) is 5.98. The lowest BCUT2D eigenvalue weighted by molar-refractivity contribution is 0.0944. The van der Waals surface area contributed by atoms with Crippen molar-refractivity contribution in [3.05, 3.63) is 46.2 Å². The molecule has 4 nitrogen and oxygen atoms in total. The number of hydrogen-bond acceptors (Lipinski definition) is 4. The monoisotopic (exact) mass is 275 g/mol. The van der Waals surface area contributed by atoms with Crippen molar-refractivity contribution in [1.29, 1.82) is 0 Å². The van der Waals surface area contributed by atoms with Crippen molar-refractivity contribution in [3.8, 4) is 11.5 Å². The van der Waals surface area contributed by atoms with Crippen LogP contribution in [0.4, 0.5) is 0 Å². The lowest BCUT2D eigenvalue weighted by Gasteiger charge is -2.14. The zero-order chi connectivity index (χ0) is 13.2. The fraction of sp³-hybridized carbons (Fsp3) is 0.214. The van der Waals surface area contributed by atoms with Gasteiger partial charge in [0, 0.05) is 0 Å². The molecule has 5 heteroatoms. The molecule has 0 saturated heterocycles. The maximum absolute atomic E-state index is 12.0. The summed E-state index contributed by atoms with van der Waals surface area (Å²) in [6.07, 6.45) is 0. The van der Waals surface area contributed by atoms with E-state index >= 15 is 0 Å². The van der Waals surface area contributed by atoms with E-state index in [1.807, 2.05) is 42.6 Å². The van der Waals surface area contributed by atoms with E-state index in [1.165, 1.54) is 11.3 Å². The molecule has 1 aromatic heterocycles. The molecule has 1 aromatic carbocycles. The van der Waals surface area contributed by atoms with Gasteiger partial charge in [-0.2, -0.15) is 0 Å². The van der Waals surface area contributed by atoms with Crippen molar-refractivity contribution in [1.82, 2.24) is 5.32 Å². The van der Waals surface area contributed by atoms with Gasteiger partial charge in [0.15, 0.2) is 11.5 Å². The molecule has 0 spiro atoms. The van der Waals surface area contributed by atoms with Crippen molar-refractivity contribution in [3.63, 3.8) is 0 Å². The Bertz CT molecular complexity index is 595. The Morgan fingerprint density at radius 1 is 1.32 bits per heavy atom. The molecule has 1 aliphatic rings. The normalized spacial score (nSPS) is 14.2. The first kappa shape index (κ1) is 12.0. The molecule has 1 aliphatic heterocycles. The molecular formula is C14H13NO3S. The number of carbonyl (C=O) groups excluding carboxylic acids is 1. The van der Waals surface area contributed by atoms with Gasteiger partial charge in [-0.15, -0.1) is 11.3 Å². The van der Waals surface area contributed by atoms with E-state index in [0.29, 0.717) is 4.88 Å². The van der Waals surface area contributed by atoms with E-state index in [2.05, 4.69) is 5.32 Å². The molecule has 98 valence electrons. The summed E-state index contributed by atoms with van der Waals surface area (Å²) in [6, 6.07) is 9.31. The maximum atomic E-state index is 12.0. The van der Waals surface area contributed by atoms with Gasteiger partial charge in [-0.05, 0) is 36.1 Å². The predicted octanol–water partition coefficient (Wildman–Crippen LogP) is 2.97. The van der Waals surface area contributed by atoms with E-state index in [0.717, 1.165) is 17.1 Å². The number of ether oxygens (including phenoxy) is 2. The van der Waals surface area contributed by atoms with Crippen LogP contribution in [0.3, 0.4) is 0 Å². The van der Waals surface area contributed by atoms with Crippen molar-refractivity contribution >= 4 is 17.2 Å². The van der Waals surface area contributed by atoms with E-state index in [1.54, 1.807) is 0 Å². The van der Waals surface area contributed by atoms with Crippen molar-refractivity contribution in [2.45, 2.75) is 13.0 Å². The number of rotatable bonds is 3. The molecule has 0 bridgehead atoms. The van der Waals surface area contributed by atoms with Gasteiger partial charge in [-0.25, -0.2) is 0 Å². The topological polar surface area (TPSA) is 47.6 Å². The van der Waals surface area contributed by atoms with E-state index in [9.17, 15) is 4.79 Å². The molecule has 2 aromatic rings. The highest BCUT2D eigenvalue weighted by atomic mass is 32.1. The highest BCUT2D eigenvalue weighted by Crippen LogP contribution is 2.34. The Hall–Kier alpha value is -2.01. The van der Waals surface area contributed by atoms with Crippen LogP contribution in [0.2, 0.25) is 0 Å². The van der Waals surface area contributed by atoms with Crippen LogP contribution in [0, 0.1) is 0 Å². The minimum absolute atomic E-state index is 0.0554. The summed E-state index contributed by atoms with van der Waals surface area (Å²) < 4.78 is 10.6. The number of nitrogens with one attached hydrogen (secondary N) is 1. The van der Waals surface area contributed by atoms with E-state index in [-0.39, 0.29) is 18.7 Å². The SMILES string of the molecule is C[C@@H](NC(=O)c1cccs1)c1ccc2c(c1)OCO2. The molecule has 0 fully saturated rings. The molecule has 0 radical (unpaired) electrons. The lowest BCUT2D eigenvalue weighted by atomic mass is 10.1. The van der Waals surface area contributed by atoms with Crippen molar-refractivity contribution in [2.75, 3.05) is 6.79 Å². The Labute approximate surface area is 115 Å². The Morgan fingerprint density at radius 2 is 2.16 bits per heavy atom. The molecule has 2 heterocycles. The quantitative estimate of drug-likeness (QED) is 0.936. The highest BCUT2D eigenvalue weighted by Gasteiger charge is 2.17. The maximum Gasteiger partial charge on any atom is 0.261 e. The number of amides is 1. The second-order valence-corrected chi connectivity index (χ2v) is 5.23. The summed E-state index contributed by atoms with van der Waals surface area (Å²) in [6.45, 7) is 2.21. The number of benzene rings is 1. The van der Waals surface area contributed by atoms with Crippen molar-refractivity contribution < 1.29 is 14.3 Å². The second-order valence-electron chi connectivity index (χ2n) is 4.29. The standard InChI is InChI=1S/C14H13NO3S/c1-9(15-14(16)13-3-2-6-19-13)10-4-5-11-12(7-10)18-8-17-11/h2-7,9H,8H2,1H3,(H,15,16)/t9-/m1/s1. The fourth-order valence-electron chi connectivity index (χ4n) is 1.94. The average Bonchev–Trinajstić information content (AvgIpc) is 3.09. The van der Waals surface area contributed by atoms with Gasteiger partial charge in [0.2, 0.25) is 6.79 Å². The summed E-state index contributed by atoms with van der Waals surface area (Å²) >= 11 is 1.43. The minimum Gasteiger partial charge on any atom is -0.454 e. The van der Waals surface area contributed by atoms with Gasteiger partial charge in [0.1, 0.15) is 0 Å². The van der Waals surface area contributed by atoms with Crippen LogP contribution in [0.5, 0.6) is 11.5 Å². The summed E-state index contributed by atoms with van der Waals surface area (Å²) in [5, 5.41) is 4.85.